The normalized spacial score (nSPS) is 18.5. The predicted octanol–water partition coefficient (Wildman–Crippen LogP) is 4.28. The third-order valence-corrected chi connectivity index (χ3v) is 4.00. The summed E-state index contributed by atoms with van der Waals surface area (Å²) in [5.74, 6) is -5.06. The number of esters is 1. The van der Waals surface area contributed by atoms with Crippen LogP contribution in [0.15, 0.2) is 42.5 Å². The van der Waals surface area contributed by atoms with Gasteiger partial charge in [-0.2, -0.15) is 0 Å². The maximum atomic E-state index is 13.1. The summed E-state index contributed by atoms with van der Waals surface area (Å²) in [6.45, 7) is 3.33. The first kappa shape index (κ1) is 19.0. The largest absolute Gasteiger partial charge is 0.493 e. The maximum Gasteiger partial charge on any atom is 0.336 e. The van der Waals surface area contributed by atoms with E-state index >= 15 is 0 Å². The standard InChI is InChI=1S/C20H17F3O4/c1-20(12-26-20)8-9-25-14-5-2-13(3-6-14)4-7-18(24)27-15-10-16(21)19(23)17(22)11-15/h2-7,10-11H,8-9,12H2,1H3/b7-4+. The molecule has 0 N–H and O–H groups in total. The fourth-order valence-corrected chi connectivity index (χ4v) is 2.23. The summed E-state index contributed by atoms with van der Waals surface area (Å²) in [6.07, 6.45) is 3.38. The predicted molar refractivity (Wildman–Crippen MR) is 91.9 cm³/mol. The topological polar surface area (TPSA) is 48.1 Å². The van der Waals surface area contributed by atoms with Gasteiger partial charge < -0.3 is 14.2 Å². The number of rotatable bonds is 7. The second-order valence-corrected chi connectivity index (χ2v) is 6.36. The van der Waals surface area contributed by atoms with Gasteiger partial charge in [0.15, 0.2) is 17.5 Å². The van der Waals surface area contributed by atoms with Crippen molar-refractivity contribution >= 4 is 12.0 Å². The maximum absolute atomic E-state index is 13.1. The van der Waals surface area contributed by atoms with E-state index in [1.54, 1.807) is 24.3 Å². The Morgan fingerprint density at radius 2 is 1.78 bits per heavy atom. The molecule has 0 radical (unpaired) electrons. The van der Waals surface area contributed by atoms with Crippen LogP contribution in [0.2, 0.25) is 0 Å². The molecule has 1 fully saturated rings. The highest BCUT2D eigenvalue weighted by Crippen LogP contribution is 2.29. The van der Waals surface area contributed by atoms with Gasteiger partial charge in [-0.15, -0.1) is 0 Å². The van der Waals surface area contributed by atoms with E-state index in [9.17, 15) is 18.0 Å². The van der Waals surface area contributed by atoms with Crippen LogP contribution in [-0.2, 0) is 9.53 Å². The zero-order chi connectivity index (χ0) is 19.4. The molecular formula is C20H17F3O4. The Morgan fingerprint density at radius 1 is 1.15 bits per heavy atom. The minimum atomic E-state index is -1.62. The van der Waals surface area contributed by atoms with Crippen molar-refractivity contribution in [2.24, 2.45) is 0 Å². The first-order valence-electron chi connectivity index (χ1n) is 8.26. The average Bonchev–Trinajstić information content (AvgIpc) is 3.36. The fraction of sp³-hybridized carbons (Fsp3) is 0.250. The Morgan fingerprint density at radius 3 is 2.37 bits per heavy atom. The Labute approximate surface area is 154 Å². The quantitative estimate of drug-likeness (QED) is 0.237. The molecule has 0 saturated carbocycles. The molecule has 2 aromatic carbocycles. The minimum Gasteiger partial charge on any atom is -0.493 e. The molecule has 1 atom stereocenters. The number of epoxide rings is 1. The van der Waals surface area contributed by atoms with Crippen molar-refractivity contribution in [1.82, 2.24) is 0 Å². The van der Waals surface area contributed by atoms with Crippen LogP contribution in [0.4, 0.5) is 13.2 Å². The molecule has 27 heavy (non-hydrogen) atoms. The van der Waals surface area contributed by atoms with Gasteiger partial charge in [0.2, 0.25) is 0 Å². The van der Waals surface area contributed by atoms with Crippen LogP contribution in [0.25, 0.3) is 6.08 Å². The molecule has 1 aliphatic heterocycles. The third-order valence-electron chi connectivity index (χ3n) is 4.00. The SMILES string of the molecule is CC1(CCOc2ccc(/C=C/C(=O)Oc3cc(F)c(F)c(F)c3)cc2)CO1. The second kappa shape index (κ2) is 7.84. The number of hydrogen-bond acceptors (Lipinski definition) is 4. The third kappa shape index (κ3) is 5.34. The van der Waals surface area contributed by atoms with E-state index < -0.39 is 29.2 Å². The number of ether oxygens (including phenoxy) is 3. The van der Waals surface area contributed by atoms with Crippen LogP contribution < -0.4 is 9.47 Å². The lowest BCUT2D eigenvalue weighted by Crippen LogP contribution is -2.10. The zero-order valence-electron chi connectivity index (χ0n) is 14.5. The van der Waals surface area contributed by atoms with Crippen LogP contribution in [0.5, 0.6) is 11.5 Å². The number of carbonyl (C=O) groups is 1. The number of carbonyl (C=O) groups excluding carboxylic acids is 1. The zero-order valence-corrected chi connectivity index (χ0v) is 14.5. The lowest BCUT2D eigenvalue weighted by molar-refractivity contribution is -0.128. The van der Waals surface area contributed by atoms with Gasteiger partial charge in [-0.25, -0.2) is 18.0 Å². The molecule has 1 heterocycles. The van der Waals surface area contributed by atoms with Crippen molar-refractivity contribution in [3.63, 3.8) is 0 Å². The molecule has 7 heteroatoms. The Bertz CT molecular complexity index is 835. The molecule has 4 nitrogen and oxygen atoms in total. The van der Waals surface area contributed by atoms with Gasteiger partial charge >= 0.3 is 5.97 Å². The highest BCUT2D eigenvalue weighted by Gasteiger charge is 2.38. The van der Waals surface area contributed by atoms with Gasteiger partial charge in [0.25, 0.3) is 0 Å². The van der Waals surface area contributed by atoms with Crippen molar-refractivity contribution < 1.29 is 32.2 Å². The van der Waals surface area contributed by atoms with E-state index in [0.717, 1.165) is 19.1 Å². The molecule has 0 amide bonds. The van der Waals surface area contributed by atoms with Gasteiger partial charge in [0, 0.05) is 24.6 Å². The summed E-state index contributed by atoms with van der Waals surface area (Å²) in [4.78, 5) is 11.7. The van der Waals surface area contributed by atoms with Gasteiger partial charge in [0.05, 0.1) is 18.8 Å². The van der Waals surface area contributed by atoms with E-state index in [-0.39, 0.29) is 5.60 Å². The van der Waals surface area contributed by atoms with Crippen molar-refractivity contribution in [3.8, 4) is 11.5 Å². The smallest absolute Gasteiger partial charge is 0.336 e. The van der Waals surface area contributed by atoms with Crippen LogP contribution in [-0.4, -0.2) is 24.8 Å². The van der Waals surface area contributed by atoms with Crippen LogP contribution >= 0.6 is 0 Å². The highest BCUT2D eigenvalue weighted by molar-refractivity contribution is 5.88. The molecule has 142 valence electrons. The molecule has 0 bridgehead atoms. The van der Waals surface area contributed by atoms with Gasteiger partial charge in [-0.1, -0.05) is 12.1 Å². The van der Waals surface area contributed by atoms with E-state index in [1.165, 1.54) is 6.08 Å². The first-order chi connectivity index (χ1) is 12.8. The molecular weight excluding hydrogens is 361 g/mol. The first-order valence-corrected chi connectivity index (χ1v) is 8.26. The minimum absolute atomic E-state index is 0.0562. The van der Waals surface area contributed by atoms with Crippen molar-refractivity contribution in [1.29, 1.82) is 0 Å². The monoisotopic (exact) mass is 378 g/mol. The van der Waals surface area contributed by atoms with Crippen molar-refractivity contribution in [3.05, 3.63) is 65.5 Å². The summed E-state index contributed by atoms with van der Waals surface area (Å²) in [5, 5.41) is 0. The number of benzene rings is 2. The lowest BCUT2D eigenvalue weighted by Gasteiger charge is -2.08. The Balaban J connectivity index is 1.51. The number of hydrogen-bond donors (Lipinski definition) is 0. The molecule has 1 aliphatic rings. The summed E-state index contributed by atoms with van der Waals surface area (Å²) < 4.78 is 54.7. The molecule has 0 aliphatic carbocycles. The summed E-state index contributed by atoms with van der Waals surface area (Å²) >= 11 is 0. The van der Waals surface area contributed by atoms with Crippen molar-refractivity contribution in [2.45, 2.75) is 18.9 Å². The fourth-order valence-electron chi connectivity index (χ4n) is 2.23. The lowest BCUT2D eigenvalue weighted by atomic mass is 10.1. The average molecular weight is 378 g/mol. The van der Waals surface area contributed by atoms with Crippen molar-refractivity contribution in [2.75, 3.05) is 13.2 Å². The van der Waals surface area contributed by atoms with Gasteiger partial charge in [0.1, 0.15) is 11.5 Å². The van der Waals surface area contributed by atoms with E-state index in [1.807, 2.05) is 6.92 Å². The molecule has 0 aromatic heterocycles. The van der Waals surface area contributed by atoms with E-state index in [0.29, 0.717) is 30.1 Å². The second-order valence-electron chi connectivity index (χ2n) is 6.36. The molecule has 2 aromatic rings. The summed E-state index contributed by atoms with van der Waals surface area (Å²) in [6, 6.07) is 8.20. The number of halogens is 3. The molecule has 1 saturated heterocycles. The molecule has 3 rings (SSSR count). The molecule has 0 spiro atoms. The van der Waals surface area contributed by atoms with Crippen LogP contribution in [0.1, 0.15) is 18.9 Å². The van der Waals surface area contributed by atoms with E-state index in [2.05, 4.69) is 0 Å². The highest BCUT2D eigenvalue weighted by atomic mass is 19.2. The van der Waals surface area contributed by atoms with E-state index in [4.69, 9.17) is 14.2 Å². The Kier molecular flexibility index (Phi) is 5.51. The molecule has 1 unspecified atom stereocenters. The van der Waals surface area contributed by atoms with Crippen LogP contribution in [0.3, 0.4) is 0 Å². The van der Waals surface area contributed by atoms with Gasteiger partial charge in [-0.05, 0) is 30.7 Å². The summed E-state index contributed by atoms with van der Waals surface area (Å²) in [7, 11) is 0. The summed E-state index contributed by atoms with van der Waals surface area (Å²) in [5.41, 5.74) is 0.646. The van der Waals surface area contributed by atoms with Gasteiger partial charge in [-0.3, -0.25) is 0 Å². The Hall–Kier alpha value is -2.80. The van der Waals surface area contributed by atoms with Crippen LogP contribution in [0, 0.1) is 17.5 Å².